The molecule has 3 aromatic rings. The molecule has 1 aliphatic heterocycles. The Morgan fingerprint density at radius 1 is 1.16 bits per heavy atom. The third kappa shape index (κ3) is 5.38. The number of hydrogen-bond acceptors (Lipinski definition) is 8. The quantitative estimate of drug-likeness (QED) is 0.509. The summed E-state index contributed by atoms with van der Waals surface area (Å²) in [6.45, 7) is 6.98. The van der Waals surface area contributed by atoms with E-state index in [9.17, 15) is 22.4 Å². The highest BCUT2D eigenvalue weighted by atomic mass is 19.4. The summed E-state index contributed by atoms with van der Waals surface area (Å²) in [4.78, 5) is 31.2. The molecule has 198 valence electrons. The number of hydrogen-bond donors (Lipinski definition) is 1. The Morgan fingerprint density at radius 3 is 2.46 bits per heavy atom. The van der Waals surface area contributed by atoms with Gasteiger partial charge in [0, 0.05) is 32.0 Å². The molecule has 10 nitrogen and oxygen atoms in total. The zero-order valence-electron chi connectivity index (χ0n) is 20.8. The summed E-state index contributed by atoms with van der Waals surface area (Å²) in [6.07, 6.45) is -2.51. The van der Waals surface area contributed by atoms with Crippen LogP contribution in [-0.4, -0.2) is 71.9 Å². The van der Waals surface area contributed by atoms with Crippen molar-refractivity contribution >= 4 is 11.9 Å². The summed E-state index contributed by atoms with van der Waals surface area (Å²) in [7, 11) is 1.67. The van der Waals surface area contributed by atoms with E-state index in [1.54, 1.807) is 25.8 Å². The highest BCUT2D eigenvalue weighted by molar-refractivity contribution is 5.99. The topological polar surface area (TPSA) is 111 Å². The van der Waals surface area contributed by atoms with Gasteiger partial charge in [0.15, 0.2) is 17.3 Å². The lowest BCUT2D eigenvalue weighted by Gasteiger charge is -2.42. The van der Waals surface area contributed by atoms with Crippen molar-refractivity contribution in [3.8, 4) is 11.4 Å². The Hall–Kier alpha value is -3.68. The highest BCUT2D eigenvalue weighted by Gasteiger charge is 2.39. The van der Waals surface area contributed by atoms with Gasteiger partial charge in [0.2, 0.25) is 5.95 Å². The predicted octanol–water partition coefficient (Wildman–Crippen LogP) is 3.17. The van der Waals surface area contributed by atoms with Crippen molar-refractivity contribution in [3.63, 3.8) is 0 Å². The second-order valence-corrected chi connectivity index (χ2v) is 8.91. The van der Waals surface area contributed by atoms with Crippen LogP contribution >= 0.6 is 0 Å². The number of carbonyl (C=O) groups excluding carboxylic acids is 1. The predicted molar refractivity (Wildman–Crippen MR) is 124 cm³/mol. The minimum absolute atomic E-state index is 0.00203. The van der Waals surface area contributed by atoms with Crippen LogP contribution in [0.25, 0.3) is 11.4 Å². The third-order valence-corrected chi connectivity index (χ3v) is 6.24. The number of halogens is 4. The Balaban J connectivity index is 1.62. The second-order valence-electron chi connectivity index (χ2n) is 8.91. The van der Waals surface area contributed by atoms with Gasteiger partial charge in [-0.25, -0.2) is 24.3 Å². The average molecular weight is 523 g/mol. The van der Waals surface area contributed by atoms with E-state index in [0.29, 0.717) is 11.3 Å². The number of aromatic nitrogens is 6. The van der Waals surface area contributed by atoms with Crippen molar-refractivity contribution in [1.82, 2.24) is 34.6 Å². The summed E-state index contributed by atoms with van der Waals surface area (Å²) >= 11 is 0. The molecule has 0 unspecified atom stereocenters. The van der Waals surface area contributed by atoms with E-state index >= 15 is 0 Å². The first-order chi connectivity index (χ1) is 17.4. The van der Waals surface area contributed by atoms with Gasteiger partial charge in [-0.05, 0) is 27.7 Å². The SMILES string of the molecule is Cc1nc(NC[C@@H]2[C@H](C)O[C@H](C)CN2C(=O)c2nn(C)c(C)c2-c2ncc(F)cn2)ncc1C(F)(F)F. The van der Waals surface area contributed by atoms with Gasteiger partial charge in [0.05, 0.1) is 47.5 Å². The summed E-state index contributed by atoms with van der Waals surface area (Å²) in [6, 6.07) is -0.529. The number of carbonyl (C=O) groups is 1. The van der Waals surface area contributed by atoms with Gasteiger partial charge in [-0.3, -0.25) is 9.48 Å². The number of ether oxygens (including phenoxy) is 1. The maximum absolute atomic E-state index is 13.8. The molecule has 37 heavy (non-hydrogen) atoms. The van der Waals surface area contributed by atoms with Crippen molar-refractivity contribution in [1.29, 1.82) is 0 Å². The van der Waals surface area contributed by atoms with E-state index < -0.39 is 35.6 Å². The third-order valence-electron chi connectivity index (χ3n) is 6.24. The smallest absolute Gasteiger partial charge is 0.372 e. The lowest BCUT2D eigenvalue weighted by Crippen LogP contribution is -2.58. The first kappa shape index (κ1) is 26.4. The molecular weight excluding hydrogens is 496 g/mol. The molecule has 4 rings (SSSR count). The van der Waals surface area contributed by atoms with Gasteiger partial charge in [0.1, 0.15) is 0 Å². The van der Waals surface area contributed by atoms with Gasteiger partial charge in [-0.15, -0.1) is 0 Å². The van der Waals surface area contributed by atoms with E-state index in [-0.39, 0.29) is 42.4 Å². The largest absolute Gasteiger partial charge is 0.419 e. The molecule has 4 heterocycles. The molecule has 0 aliphatic carbocycles. The number of alkyl halides is 3. The van der Waals surface area contributed by atoms with Crippen molar-refractivity contribution in [2.45, 2.75) is 52.1 Å². The number of aryl methyl sites for hydroxylation is 2. The van der Waals surface area contributed by atoms with Crippen LogP contribution in [0.15, 0.2) is 18.6 Å². The van der Waals surface area contributed by atoms with Crippen LogP contribution in [0.1, 0.15) is 41.3 Å². The van der Waals surface area contributed by atoms with Gasteiger partial charge in [0.25, 0.3) is 5.91 Å². The van der Waals surface area contributed by atoms with Crippen molar-refractivity contribution in [3.05, 3.63) is 47.1 Å². The van der Waals surface area contributed by atoms with Crippen LogP contribution in [0.2, 0.25) is 0 Å². The minimum Gasteiger partial charge on any atom is -0.372 e. The van der Waals surface area contributed by atoms with Crippen molar-refractivity contribution in [2.75, 3.05) is 18.4 Å². The zero-order chi connectivity index (χ0) is 27.1. The molecular formula is C23H26F4N8O2. The van der Waals surface area contributed by atoms with E-state index in [1.807, 2.05) is 6.92 Å². The first-order valence-corrected chi connectivity index (χ1v) is 11.5. The number of anilines is 1. The molecule has 3 aromatic heterocycles. The lowest BCUT2D eigenvalue weighted by atomic mass is 10.0. The molecule has 0 radical (unpaired) electrons. The van der Waals surface area contributed by atoms with Crippen molar-refractivity contribution < 1.29 is 27.1 Å². The maximum Gasteiger partial charge on any atom is 0.419 e. The number of nitrogens with one attached hydrogen (secondary N) is 1. The summed E-state index contributed by atoms with van der Waals surface area (Å²) in [5, 5.41) is 7.32. The van der Waals surface area contributed by atoms with Crippen LogP contribution in [0.5, 0.6) is 0 Å². The molecule has 14 heteroatoms. The van der Waals surface area contributed by atoms with E-state index in [0.717, 1.165) is 18.6 Å². The zero-order valence-corrected chi connectivity index (χ0v) is 20.8. The molecule has 1 N–H and O–H groups in total. The minimum atomic E-state index is -4.56. The van der Waals surface area contributed by atoms with E-state index in [4.69, 9.17) is 4.74 Å². The Kier molecular flexibility index (Phi) is 7.13. The monoisotopic (exact) mass is 522 g/mol. The second kappa shape index (κ2) is 10.00. The molecule has 0 aromatic carbocycles. The van der Waals surface area contributed by atoms with E-state index in [1.165, 1.54) is 11.6 Å². The molecule has 1 fully saturated rings. The molecule has 1 aliphatic rings. The van der Waals surface area contributed by atoms with Gasteiger partial charge >= 0.3 is 6.18 Å². The fraction of sp³-hybridized carbons (Fsp3) is 0.478. The highest BCUT2D eigenvalue weighted by Crippen LogP contribution is 2.31. The maximum atomic E-state index is 13.8. The Bertz CT molecular complexity index is 1300. The number of morpholine rings is 1. The van der Waals surface area contributed by atoms with Crippen LogP contribution < -0.4 is 5.32 Å². The Labute approximate surface area is 210 Å². The van der Waals surface area contributed by atoms with Crippen molar-refractivity contribution in [2.24, 2.45) is 7.05 Å². The number of rotatable bonds is 5. The van der Waals surface area contributed by atoms with Crippen LogP contribution in [0, 0.1) is 19.7 Å². The fourth-order valence-electron chi connectivity index (χ4n) is 4.31. The first-order valence-electron chi connectivity index (χ1n) is 11.5. The summed E-state index contributed by atoms with van der Waals surface area (Å²) in [5.41, 5.74) is -0.0358. The molecule has 0 spiro atoms. The normalized spacial score (nSPS) is 20.2. The standard InChI is InChI=1S/C23H26F4N8O2/c1-11-10-35(21(36)19-18(13(3)34(5)33-19)20-28-6-15(24)7-29-20)17(14(4)37-11)9-31-22-30-8-16(12(2)32-22)23(25,26)27/h6-8,11,14,17H,9-10H2,1-5H3,(H,30,31,32)/t11-,14+,17-/m1/s1. The van der Waals surface area contributed by atoms with Gasteiger partial charge in [-0.2, -0.15) is 18.3 Å². The van der Waals surface area contributed by atoms with E-state index in [2.05, 4.69) is 30.4 Å². The number of amides is 1. The summed E-state index contributed by atoms with van der Waals surface area (Å²) in [5.74, 6) is -0.864. The molecule has 0 bridgehead atoms. The molecule has 1 amide bonds. The van der Waals surface area contributed by atoms with Gasteiger partial charge in [-0.1, -0.05) is 0 Å². The Morgan fingerprint density at radius 2 is 1.84 bits per heavy atom. The number of nitrogens with zero attached hydrogens (tertiary/aromatic N) is 7. The molecule has 0 saturated carbocycles. The summed E-state index contributed by atoms with van der Waals surface area (Å²) < 4.78 is 60.0. The molecule has 1 saturated heterocycles. The average Bonchev–Trinajstić information content (AvgIpc) is 3.11. The van der Waals surface area contributed by atoms with Crippen LogP contribution in [-0.2, 0) is 18.0 Å². The van der Waals surface area contributed by atoms with Gasteiger partial charge < -0.3 is 15.0 Å². The lowest BCUT2D eigenvalue weighted by molar-refractivity contribution is -0.138. The van der Waals surface area contributed by atoms with Crippen LogP contribution in [0.3, 0.4) is 0 Å². The van der Waals surface area contributed by atoms with Crippen LogP contribution in [0.4, 0.5) is 23.5 Å². The molecule has 3 atom stereocenters. The fourth-order valence-corrected chi connectivity index (χ4v) is 4.31.